The summed E-state index contributed by atoms with van der Waals surface area (Å²) in [6.07, 6.45) is 0. The highest BCUT2D eigenvalue weighted by Gasteiger charge is 2.28. The Morgan fingerprint density at radius 2 is 1.32 bits per heavy atom. The lowest BCUT2D eigenvalue weighted by Gasteiger charge is -2.28. The molecule has 0 saturated carbocycles. The summed E-state index contributed by atoms with van der Waals surface area (Å²) in [5, 5.41) is 20.0. The van der Waals surface area contributed by atoms with Crippen LogP contribution in [0.15, 0.2) is 60.7 Å². The van der Waals surface area contributed by atoms with Gasteiger partial charge in [0.25, 0.3) is 0 Å². The first-order valence-corrected chi connectivity index (χ1v) is 12.5. The third-order valence-electron chi connectivity index (χ3n) is 6.79. The molecule has 0 fully saturated rings. The second-order valence-corrected chi connectivity index (χ2v) is 11.8. The van der Waals surface area contributed by atoms with Crippen molar-refractivity contribution in [3.63, 3.8) is 0 Å². The molecule has 3 aromatic carbocycles. The lowest BCUT2D eigenvalue weighted by molar-refractivity contribution is 0.0971. The third-order valence-corrected chi connectivity index (χ3v) is 6.79. The van der Waals surface area contributed by atoms with Crippen molar-refractivity contribution in [3.8, 4) is 5.75 Å². The number of rotatable bonds is 5. The fourth-order valence-corrected chi connectivity index (χ4v) is 4.66. The van der Waals surface area contributed by atoms with Gasteiger partial charge in [-0.25, -0.2) is 0 Å². The van der Waals surface area contributed by atoms with E-state index in [1.165, 1.54) is 5.56 Å². The predicted molar refractivity (Wildman–Crippen MR) is 153 cm³/mol. The Kier molecular flexibility index (Phi) is 7.80. The third kappa shape index (κ3) is 5.67. The average molecular weight is 520 g/mol. The predicted octanol–water partition coefficient (Wildman–Crippen LogP) is 6.88. The van der Waals surface area contributed by atoms with E-state index in [1.54, 1.807) is 4.57 Å². The summed E-state index contributed by atoms with van der Waals surface area (Å²) >= 11 is 0. The van der Waals surface area contributed by atoms with Gasteiger partial charge in [0.05, 0.1) is 24.1 Å². The summed E-state index contributed by atoms with van der Waals surface area (Å²) in [7, 11) is 0. The number of Topliss-reactive ketones (excluding diaryl/α,β-unsaturated/α-hetero) is 1. The normalized spacial score (nSPS) is 12.0. The number of carbonyl (C=O) groups excluding carboxylic acids is 1. The van der Waals surface area contributed by atoms with Gasteiger partial charge in [0.1, 0.15) is 5.75 Å². The lowest BCUT2D eigenvalue weighted by atomic mass is 9.78. The molecule has 5 nitrogen and oxygen atoms in total. The zero-order valence-corrected chi connectivity index (χ0v) is 23.7. The minimum Gasteiger partial charge on any atom is -0.507 e. The van der Waals surface area contributed by atoms with E-state index in [-0.39, 0.29) is 46.9 Å². The fraction of sp³-hybridized carbons (Fsp3) is 0.355. The van der Waals surface area contributed by atoms with Crippen molar-refractivity contribution in [3.05, 3.63) is 94.1 Å². The van der Waals surface area contributed by atoms with E-state index < -0.39 is 0 Å². The van der Waals surface area contributed by atoms with Crippen molar-refractivity contribution in [1.29, 1.82) is 5.41 Å². The molecule has 0 unspecified atom stereocenters. The van der Waals surface area contributed by atoms with Crippen molar-refractivity contribution in [1.82, 2.24) is 9.13 Å². The molecular formula is C31H38ClN3O2. The number of benzene rings is 3. The monoisotopic (exact) mass is 519 g/mol. The van der Waals surface area contributed by atoms with E-state index in [0.29, 0.717) is 12.1 Å². The molecule has 1 heterocycles. The molecule has 4 aromatic rings. The van der Waals surface area contributed by atoms with Crippen LogP contribution in [0, 0.1) is 12.3 Å². The number of hydrogen-bond donors (Lipinski definition) is 2. The topological polar surface area (TPSA) is 71.0 Å². The first-order valence-electron chi connectivity index (χ1n) is 12.5. The Balaban J connectivity index is 0.00000380. The molecule has 0 bridgehead atoms. The van der Waals surface area contributed by atoms with Gasteiger partial charge < -0.3 is 14.2 Å². The van der Waals surface area contributed by atoms with Crippen LogP contribution in [0.25, 0.3) is 11.0 Å². The summed E-state index contributed by atoms with van der Waals surface area (Å²) in [5.41, 5.74) is 5.81. The van der Waals surface area contributed by atoms with E-state index >= 15 is 0 Å². The van der Waals surface area contributed by atoms with Crippen molar-refractivity contribution in [2.24, 2.45) is 0 Å². The van der Waals surface area contributed by atoms with Crippen LogP contribution in [0.2, 0.25) is 0 Å². The number of aryl methyl sites for hydroxylation is 1. The molecule has 0 spiro atoms. The molecule has 0 radical (unpaired) electrons. The van der Waals surface area contributed by atoms with Crippen molar-refractivity contribution < 1.29 is 9.90 Å². The average Bonchev–Trinajstić information content (AvgIpc) is 3.05. The Morgan fingerprint density at radius 3 is 1.81 bits per heavy atom. The number of phenols is 1. The van der Waals surface area contributed by atoms with Crippen molar-refractivity contribution in [2.75, 3.05) is 0 Å². The van der Waals surface area contributed by atoms with Gasteiger partial charge in [-0.1, -0.05) is 83.5 Å². The number of aromatic hydroxyl groups is 1. The summed E-state index contributed by atoms with van der Waals surface area (Å²) < 4.78 is 3.73. The Bertz CT molecular complexity index is 1460. The second kappa shape index (κ2) is 10.2. The van der Waals surface area contributed by atoms with E-state index in [1.807, 2.05) is 82.5 Å². The summed E-state index contributed by atoms with van der Waals surface area (Å²) in [4.78, 5) is 13.7. The number of fused-ring (bicyclic) bond motifs is 1. The first-order chi connectivity index (χ1) is 16.8. The van der Waals surface area contributed by atoms with Gasteiger partial charge in [0.15, 0.2) is 5.78 Å². The molecule has 196 valence electrons. The maximum Gasteiger partial charge on any atom is 0.203 e. The highest BCUT2D eigenvalue weighted by atomic mass is 35.5. The maximum absolute atomic E-state index is 13.7. The number of ketones is 1. The molecule has 37 heavy (non-hydrogen) atoms. The molecule has 4 rings (SSSR count). The standard InChI is InChI=1S/C31H37N3O2.ClH/c1-20-12-14-21(15-13-20)18-33-25-10-8-9-11-26(25)34(29(33)32)19-27(35)22-16-23(30(2,3)4)28(36)24(17-22)31(5,6)7;/h8-17,32,36H,18-19H2,1-7H3;1H. The number of nitrogens with zero attached hydrogens (tertiary/aromatic N) is 2. The number of carbonyl (C=O) groups is 1. The van der Waals surface area contributed by atoms with Gasteiger partial charge in [-0.15, -0.1) is 12.4 Å². The van der Waals surface area contributed by atoms with Crippen LogP contribution in [0.4, 0.5) is 0 Å². The highest BCUT2D eigenvalue weighted by Crippen LogP contribution is 2.40. The van der Waals surface area contributed by atoms with Gasteiger partial charge >= 0.3 is 0 Å². The number of imidazole rings is 1. The zero-order chi connectivity index (χ0) is 26.4. The number of aromatic nitrogens is 2. The summed E-state index contributed by atoms with van der Waals surface area (Å²) in [5.74, 6) is 0.179. The van der Waals surface area contributed by atoms with Gasteiger partial charge in [-0.2, -0.15) is 0 Å². The molecule has 1 aromatic heterocycles. The Hall–Kier alpha value is -3.31. The van der Waals surface area contributed by atoms with Crippen molar-refractivity contribution in [2.45, 2.75) is 72.4 Å². The van der Waals surface area contributed by atoms with Crippen LogP contribution in [-0.2, 0) is 23.9 Å². The van der Waals surface area contributed by atoms with Crippen LogP contribution in [-0.4, -0.2) is 20.0 Å². The minimum atomic E-state index is -0.321. The van der Waals surface area contributed by atoms with Gasteiger partial charge in [-0.3, -0.25) is 10.2 Å². The lowest BCUT2D eigenvalue weighted by Crippen LogP contribution is -2.28. The number of phenolic OH excluding ortho intramolecular Hbond substituents is 1. The minimum absolute atomic E-state index is 0. The summed E-state index contributed by atoms with van der Waals surface area (Å²) in [6.45, 7) is 14.9. The Morgan fingerprint density at radius 1 is 0.838 bits per heavy atom. The van der Waals surface area contributed by atoms with Crippen LogP contribution in [0.5, 0.6) is 5.75 Å². The maximum atomic E-state index is 13.7. The molecule has 0 aliphatic rings. The SMILES string of the molecule is Cc1ccc(Cn2c(=N)n(CC(=O)c3cc(C(C)(C)C)c(O)c(C(C)(C)C)c3)c3ccccc32)cc1.Cl. The molecule has 0 amide bonds. The molecule has 0 aliphatic carbocycles. The summed E-state index contributed by atoms with van der Waals surface area (Å²) in [6, 6.07) is 19.8. The van der Waals surface area contributed by atoms with Gasteiger partial charge in [0.2, 0.25) is 5.62 Å². The molecular weight excluding hydrogens is 482 g/mol. The quantitative estimate of drug-likeness (QED) is 0.282. The molecule has 0 saturated heterocycles. The number of nitrogens with one attached hydrogen (secondary N) is 1. The Labute approximate surface area is 225 Å². The molecule has 0 atom stereocenters. The number of para-hydroxylation sites is 2. The highest BCUT2D eigenvalue weighted by molar-refractivity contribution is 5.97. The van der Waals surface area contributed by atoms with E-state index in [0.717, 1.165) is 27.7 Å². The van der Waals surface area contributed by atoms with E-state index in [2.05, 4.69) is 31.2 Å². The second-order valence-electron chi connectivity index (χ2n) is 11.8. The van der Waals surface area contributed by atoms with E-state index in [4.69, 9.17) is 5.41 Å². The fourth-order valence-electron chi connectivity index (χ4n) is 4.66. The smallest absolute Gasteiger partial charge is 0.203 e. The molecule has 0 aliphatic heterocycles. The van der Waals surface area contributed by atoms with Gasteiger partial charge in [0, 0.05) is 16.7 Å². The van der Waals surface area contributed by atoms with Crippen LogP contribution >= 0.6 is 12.4 Å². The van der Waals surface area contributed by atoms with Crippen molar-refractivity contribution >= 4 is 29.2 Å². The van der Waals surface area contributed by atoms with Crippen LogP contribution < -0.4 is 5.62 Å². The molecule has 6 heteroatoms. The molecule has 2 N–H and O–H groups in total. The van der Waals surface area contributed by atoms with Crippen LogP contribution in [0.1, 0.15) is 74.2 Å². The zero-order valence-electron chi connectivity index (χ0n) is 22.8. The van der Waals surface area contributed by atoms with E-state index in [9.17, 15) is 9.90 Å². The van der Waals surface area contributed by atoms with Crippen LogP contribution in [0.3, 0.4) is 0 Å². The van der Waals surface area contributed by atoms with Gasteiger partial charge in [-0.05, 0) is 47.6 Å². The number of halogens is 1. The number of hydrogen-bond acceptors (Lipinski definition) is 3. The largest absolute Gasteiger partial charge is 0.507 e. The first kappa shape index (κ1) is 28.3.